The summed E-state index contributed by atoms with van der Waals surface area (Å²) in [6.45, 7) is 2.79. The topological polar surface area (TPSA) is 39.9 Å². The highest BCUT2D eigenvalue weighted by Crippen LogP contribution is 2.40. The molecule has 0 aromatic carbocycles. The SMILES string of the molecule is Cc1ccc(OCC2CCCCC2c2ccnn2C2CCCC2)cn1. The van der Waals surface area contributed by atoms with Gasteiger partial charge in [0.05, 0.1) is 18.8 Å². The van der Waals surface area contributed by atoms with Crippen LogP contribution in [0.25, 0.3) is 0 Å². The summed E-state index contributed by atoms with van der Waals surface area (Å²) in [7, 11) is 0. The van der Waals surface area contributed by atoms with E-state index in [1.165, 1.54) is 57.1 Å². The molecule has 0 N–H and O–H groups in total. The largest absolute Gasteiger partial charge is 0.492 e. The third-order valence-electron chi connectivity index (χ3n) is 6.01. The van der Waals surface area contributed by atoms with E-state index in [0.29, 0.717) is 17.9 Å². The lowest BCUT2D eigenvalue weighted by Gasteiger charge is -2.32. The minimum Gasteiger partial charge on any atom is -0.492 e. The molecule has 2 atom stereocenters. The van der Waals surface area contributed by atoms with E-state index in [0.717, 1.165) is 18.1 Å². The predicted octanol–water partition coefficient (Wildman–Crippen LogP) is 5.05. The summed E-state index contributed by atoms with van der Waals surface area (Å²) in [6.07, 6.45) is 14.3. The second-order valence-corrected chi connectivity index (χ2v) is 7.74. The Labute approximate surface area is 150 Å². The van der Waals surface area contributed by atoms with Crippen molar-refractivity contribution in [3.05, 3.63) is 42.0 Å². The second-order valence-electron chi connectivity index (χ2n) is 7.74. The van der Waals surface area contributed by atoms with Gasteiger partial charge in [-0.05, 0) is 50.8 Å². The van der Waals surface area contributed by atoms with Gasteiger partial charge in [0.25, 0.3) is 0 Å². The molecule has 25 heavy (non-hydrogen) atoms. The Balaban J connectivity index is 1.47. The molecule has 2 saturated carbocycles. The zero-order chi connectivity index (χ0) is 17.1. The molecule has 2 fully saturated rings. The van der Waals surface area contributed by atoms with Crippen molar-refractivity contribution in [2.75, 3.05) is 6.61 Å². The fraction of sp³-hybridized carbons (Fsp3) is 0.619. The molecule has 2 aliphatic carbocycles. The van der Waals surface area contributed by atoms with Crippen molar-refractivity contribution in [3.63, 3.8) is 0 Å². The summed E-state index contributed by atoms with van der Waals surface area (Å²) < 4.78 is 8.45. The Morgan fingerprint density at radius 2 is 1.84 bits per heavy atom. The smallest absolute Gasteiger partial charge is 0.137 e. The zero-order valence-electron chi connectivity index (χ0n) is 15.2. The summed E-state index contributed by atoms with van der Waals surface area (Å²) in [5.74, 6) is 2.04. The molecular formula is C21H29N3O. The van der Waals surface area contributed by atoms with Crippen molar-refractivity contribution in [1.82, 2.24) is 14.8 Å². The quantitative estimate of drug-likeness (QED) is 0.765. The van der Waals surface area contributed by atoms with Crippen LogP contribution in [-0.2, 0) is 0 Å². The van der Waals surface area contributed by atoms with Crippen LogP contribution >= 0.6 is 0 Å². The number of hydrogen-bond donors (Lipinski definition) is 0. The molecular weight excluding hydrogens is 310 g/mol. The Morgan fingerprint density at radius 3 is 2.64 bits per heavy atom. The van der Waals surface area contributed by atoms with Gasteiger partial charge in [-0.2, -0.15) is 5.10 Å². The van der Waals surface area contributed by atoms with Gasteiger partial charge in [-0.1, -0.05) is 25.7 Å². The van der Waals surface area contributed by atoms with Crippen LogP contribution < -0.4 is 4.74 Å². The molecule has 134 valence electrons. The van der Waals surface area contributed by atoms with Gasteiger partial charge in [-0.25, -0.2) is 0 Å². The number of aromatic nitrogens is 3. The van der Waals surface area contributed by atoms with Gasteiger partial charge in [0, 0.05) is 29.4 Å². The van der Waals surface area contributed by atoms with Crippen LogP contribution in [0.5, 0.6) is 5.75 Å². The average Bonchev–Trinajstić information content (AvgIpc) is 3.33. The Bertz CT molecular complexity index is 673. The number of ether oxygens (including phenoxy) is 1. The molecule has 2 unspecified atom stereocenters. The first-order valence-electron chi connectivity index (χ1n) is 9.90. The summed E-state index contributed by atoms with van der Waals surface area (Å²) in [5.41, 5.74) is 2.48. The maximum absolute atomic E-state index is 6.10. The van der Waals surface area contributed by atoms with Gasteiger partial charge in [-0.3, -0.25) is 9.67 Å². The van der Waals surface area contributed by atoms with Gasteiger partial charge in [0.2, 0.25) is 0 Å². The Morgan fingerprint density at radius 1 is 1.04 bits per heavy atom. The van der Waals surface area contributed by atoms with Crippen LogP contribution in [0.2, 0.25) is 0 Å². The second kappa shape index (κ2) is 7.59. The van der Waals surface area contributed by atoms with Crippen LogP contribution in [0.4, 0.5) is 0 Å². The lowest BCUT2D eigenvalue weighted by Crippen LogP contribution is -2.26. The molecule has 4 heteroatoms. The zero-order valence-corrected chi connectivity index (χ0v) is 15.2. The monoisotopic (exact) mass is 339 g/mol. The van der Waals surface area contributed by atoms with E-state index in [-0.39, 0.29) is 0 Å². The Kier molecular flexibility index (Phi) is 5.04. The highest BCUT2D eigenvalue weighted by molar-refractivity contribution is 5.19. The molecule has 0 spiro atoms. The molecule has 4 nitrogen and oxygen atoms in total. The summed E-state index contributed by atoms with van der Waals surface area (Å²) in [5, 5.41) is 4.70. The summed E-state index contributed by atoms with van der Waals surface area (Å²) in [6, 6.07) is 6.93. The molecule has 2 aromatic rings. The van der Waals surface area contributed by atoms with E-state index in [1.807, 2.05) is 31.5 Å². The van der Waals surface area contributed by atoms with Crippen molar-refractivity contribution in [3.8, 4) is 5.75 Å². The molecule has 2 aromatic heterocycles. The number of nitrogens with zero attached hydrogens (tertiary/aromatic N) is 3. The average molecular weight is 339 g/mol. The highest BCUT2D eigenvalue weighted by atomic mass is 16.5. The first-order chi connectivity index (χ1) is 12.3. The molecule has 4 rings (SSSR count). The first-order valence-corrected chi connectivity index (χ1v) is 9.90. The summed E-state index contributed by atoms with van der Waals surface area (Å²) >= 11 is 0. The van der Waals surface area contributed by atoms with Crippen LogP contribution in [0.15, 0.2) is 30.6 Å². The molecule has 0 saturated heterocycles. The highest BCUT2D eigenvalue weighted by Gasteiger charge is 2.31. The van der Waals surface area contributed by atoms with Crippen LogP contribution in [0.3, 0.4) is 0 Å². The number of pyridine rings is 1. The van der Waals surface area contributed by atoms with Gasteiger partial charge in [-0.15, -0.1) is 0 Å². The minimum absolute atomic E-state index is 0.576. The molecule has 2 aliphatic rings. The normalized spacial score (nSPS) is 24.5. The molecule has 0 bridgehead atoms. The number of rotatable bonds is 5. The van der Waals surface area contributed by atoms with Crippen molar-refractivity contribution >= 4 is 0 Å². The van der Waals surface area contributed by atoms with E-state index in [9.17, 15) is 0 Å². The molecule has 0 aliphatic heterocycles. The van der Waals surface area contributed by atoms with Crippen LogP contribution in [-0.4, -0.2) is 21.4 Å². The lowest BCUT2D eigenvalue weighted by molar-refractivity contribution is 0.179. The van der Waals surface area contributed by atoms with Crippen LogP contribution in [0.1, 0.15) is 74.7 Å². The predicted molar refractivity (Wildman–Crippen MR) is 98.9 cm³/mol. The van der Waals surface area contributed by atoms with Crippen molar-refractivity contribution in [2.24, 2.45) is 5.92 Å². The van der Waals surface area contributed by atoms with E-state index in [2.05, 4.69) is 15.7 Å². The maximum Gasteiger partial charge on any atom is 0.137 e. The third-order valence-corrected chi connectivity index (χ3v) is 6.01. The van der Waals surface area contributed by atoms with E-state index < -0.39 is 0 Å². The lowest BCUT2D eigenvalue weighted by atomic mass is 9.77. The number of aryl methyl sites for hydroxylation is 1. The molecule has 0 amide bonds. The van der Waals surface area contributed by atoms with E-state index in [1.54, 1.807) is 0 Å². The molecule has 2 heterocycles. The third kappa shape index (κ3) is 3.73. The van der Waals surface area contributed by atoms with E-state index >= 15 is 0 Å². The van der Waals surface area contributed by atoms with E-state index in [4.69, 9.17) is 9.84 Å². The van der Waals surface area contributed by atoms with Gasteiger partial charge in [0.1, 0.15) is 5.75 Å². The first kappa shape index (κ1) is 16.6. The van der Waals surface area contributed by atoms with Gasteiger partial charge >= 0.3 is 0 Å². The van der Waals surface area contributed by atoms with Gasteiger partial charge < -0.3 is 4.74 Å². The van der Waals surface area contributed by atoms with Crippen molar-refractivity contribution < 1.29 is 4.74 Å². The van der Waals surface area contributed by atoms with Crippen LogP contribution in [0, 0.1) is 12.8 Å². The Hall–Kier alpha value is -1.84. The van der Waals surface area contributed by atoms with Crippen molar-refractivity contribution in [2.45, 2.75) is 70.3 Å². The van der Waals surface area contributed by atoms with Crippen molar-refractivity contribution in [1.29, 1.82) is 0 Å². The minimum atomic E-state index is 0.576. The standard InChI is InChI=1S/C21H29N3O/c1-16-10-11-19(14-22-16)25-15-17-6-2-5-9-20(17)21-12-13-23-24(21)18-7-3-4-8-18/h10-14,17-18,20H,2-9,15H2,1H3. The number of hydrogen-bond acceptors (Lipinski definition) is 3. The van der Waals surface area contributed by atoms with Gasteiger partial charge in [0.15, 0.2) is 0 Å². The molecule has 0 radical (unpaired) electrons. The fourth-order valence-electron chi connectivity index (χ4n) is 4.61. The fourth-order valence-corrected chi connectivity index (χ4v) is 4.61. The maximum atomic E-state index is 6.10. The summed E-state index contributed by atoms with van der Waals surface area (Å²) in [4.78, 5) is 4.34.